The largest absolute Gasteiger partial charge is 0.474 e. The highest BCUT2D eigenvalue weighted by atomic mass is 16.5. The molecule has 23 heavy (non-hydrogen) atoms. The van der Waals surface area contributed by atoms with Crippen molar-refractivity contribution in [1.82, 2.24) is 15.0 Å². The van der Waals surface area contributed by atoms with Gasteiger partial charge in [-0.05, 0) is 31.9 Å². The van der Waals surface area contributed by atoms with Crippen LogP contribution in [0.15, 0.2) is 24.7 Å². The number of nitrogens with one attached hydrogen (secondary N) is 1. The summed E-state index contributed by atoms with van der Waals surface area (Å²) in [5.41, 5.74) is 0.667. The summed E-state index contributed by atoms with van der Waals surface area (Å²) in [5, 5.41) is 10.6. The average molecular weight is 317 g/mol. The van der Waals surface area contributed by atoms with Crippen molar-refractivity contribution in [1.29, 1.82) is 0 Å². The maximum absolute atomic E-state index is 11.6. The minimum atomic E-state index is -0.947. The number of aromatic nitrogens is 3. The number of allylic oxidation sites excluding steroid dienone is 2. The van der Waals surface area contributed by atoms with Gasteiger partial charge in [-0.2, -0.15) is 0 Å². The van der Waals surface area contributed by atoms with E-state index >= 15 is 0 Å². The summed E-state index contributed by atoms with van der Waals surface area (Å²) >= 11 is 0. The molecule has 0 unspecified atom stereocenters. The van der Waals surface area contributed by atoms with Gasteiger partial charge in [0.1, 0.15) is 18.6 Å². The summed E-state index contributed by atoms with van der Waals surface area (Å²) in [6, 6.07) is 0. The van der Waals surface area contributed by atoms with Gasteiger partial charge in [0.2, 0.25) is 5.88 Å². The minimum absolute atomic E-state index is 0.0109. The molecule has 2 N–H and O–H groups in total. The number of nitrogens with zero attached hydrogens (tertiary/aromatic N) is 2. The Balaban J connectivity index is 2.22. The fourth-order valence-electron chi connectivity index (χ4n) is 2.01. The van der Waals surface area contributed by atoms with Crippen molar-refractivity contribution in [2.75, 3.05) is 6.61 Å². The van der Waals surface area contributed by atoms with Gasteiger partial charge in [-0.3, -0.25) is 4.79 Å². The Morgan fingerprint density at radius 3 is 2.83 bits per heavy atom. The zero-order chi connectivity index (χ0) is 17.0. The molecule has 2 aromatic heterocycles. The number of fused-ring (bicyclic) bond motifs is 1. The van der Waals surface area contributed by atoms with Gasteiger partial charge in [0.25, 0.3) is 0 Å². The molecule has 0 fully saturated rings. The molecule has 0 aromatic carbocycles. The van der Waals surface area contributed by atoms with Crippen molar-refractivity contribution in [3.8, 4) is 5.88 Å². The lowest BCUT2D eigenvalue weighted by Crippen LogP contribution is -2.28. The zero-order valence-electron chi connectivity index (χ0n) is 14.0. The van der Waals surface area contributed by atoms with E-state index in [0.717, 1.165) is 10.9 Å². The van der Waals surface area contributed by atoms with Gasteiger partial charge in [-0.25, -0.2) is 9.97 Å². The summed E-state index contributed by atoms with van der Waals surface area (Å²) in [4.78, 5) is 23.1. The first-order chi connectivity index (χ1) is 10.8. The van der Waals surface area contributed by atoms with Gasteiger partial charge in [0.15, 0.2) is 5.78 Å². The monoisotopic (exact) mass is 317 g/mol. The predicted octanol–water partition coefficient (Wildman–Crippen LogP) is 2.43. The topological polar surface area (TPSA) is 88.1 Å². The summed E-state index contributed by atoms with van der Waals surface area (Å²) in [7, 11) is 0. The third-order valence-corrected chi connectivity index (χ3v) is 3.27. The van der Waals surface area contributed by atoms with E-state index in [2.05, 4.69) is 15.0 Å². The van der Waals surface area contributed by atoms with Crippen LogP contribution in [-0.4, -0.2) is 38.0 Å². The number of H-pyrrole nitrogens is 1. The lowest BCUT2D eigenvalue weighted by Gasteiger charge is -2.17. The van der Waals surface area contributed by atoms with Gasteiger partial charge in [0.05, 0.1) is 11.0 Å². The number of ether oxygens (including phenoxy) is 1. The number of ketones is 1. The summed E-state index contributed by atoms with van der Waals surface area (Å²) in [5.74, 6) is 0.514. The molecule has 2 aromatic rings. The number of hydrogen-bond acceptors (Lipinski definition) is 5. The molecule has 124 valence electrons. The van der Waals surface area contributed by atoms with E-state index < -0.39 is 5.60 Å². The minimum Gasteiger partial charge on any atom is -0.474 e. The number of rotatable bonds is 7. The van der Waals surface area contributed by atoms with E-state index in [4.69, 9.17) is 4.74 Å². The van der Waals surface area contributed by atoms with Crippen molar-refractivity contribution in [3.63, 3.8) is 0 Å². The Morgan fingerprint density at radius 1 is 1.43 bits per heavy atom. The third-order valence-electron chi connectivity index (χ3n) is 3.27. The summed E-state index contributed by atoms with van der Waals surface area (Å²) in [6.07, 6.45) is 7.26. The van der Waals surface area contributed by atoms with E-state index in [1.807, 2.05) is 26.1 Å². The summed E-state index contributed by atoms with van der Waals surface area (Å²) in [6.45, 7) is 7.21. The number of aliphatic hydroxyl groups is 1. The zero-order valence-corrected chi connectivity index (χ0v) is 14.0. The van der Waals surface area contributed by atoms with E-state index in [0.29, 0.717) is 17.9 Å². The molecule has 0 radical (unpaired) electrons. The van der Waals surface area contributed by atoms with Gasteiger partial charge in [-0.1, -0.05) is 19.9 Å². The average Bonchev–Trinajstić information content (AvgIpc) is 2.88. The van der Waals surface area contributed by atoms with E-state index in [9.17, 15) is 9.90 Å². The first kappa shape index (κ1) is 17.1. The highest BCUT2D eigenvalue weighted by Crippen LogP contribution is 2.26. The van der Waals surface area contributed by atoms with Crippen LogP contribution in [0.4, 0.5) is 0 Å². The van der Waals surface area contributed by atoms with Gasteiger partial charge in [0, 0.05) is 12.1 Å². The van der Waals surface area contributed by atoms with Crippen molar-refractivity contribution < 1.29 is 14.6 Å². The fourth-order valence-corrected chi connectivity index (χ4v) is 2.01. The second kappa shape index (κ2) is 6.91. The molecule has 0 atom stereocenters. The Kier molecular flexibility index (Phi) is 5.15. The molecular formula is C17H23N3O3. The first-order valence-corrected chi connectivity index (χ1v) is 7.64. The molecule has 2 heterocycles. The first-order valence-electron chi connectivity index (χ1n) is 7.64. The molecule has 0 spiro atoms. The molecule has 0 saturated carbocycles. The van der Waals surface area contributed by atoms with E-state index in [1.54, 1.807) is 19.9 Å². The Labute approximate surface area is 135 Å². The maximum atomic E-state index is 11.6. The molecule has 0 aliphatic carbocycles. The van der Waals surface area contributed by atoms with E-state index in [-0.39, 0.29) is 18.3 Å². The quantitative estimate of drug-likeness (QED) is 0.766. The van der Waals surface area contributed by atoms with Crippen LogP contribution in [0.1, 0.15) is 33.3 Å². The molecule has 0 aliphatic heterocycles. The van der Waals surface area contributed by atoms with Crippen LogP contribution in [0, 0.1) is 5.92 Å². The number of carbonyl (C=O) groups is 1. The van der Waals surface area contributed by atoms with Crippen LogP contribution >= 0.6 is 0 Å². The molecule has 0 saturated heterocycles. The second-order valence-electron chi connectivity index (χ2n) is 6.48. The maximum Gasteiger partial charge on any atom is 0.226 e. The smallest absolute Gasteiger partial charge is 0.226 e. The number of aromatic amines is 1. The van der Waals surface area contributed by atoms with Crippen LogP contribution in [-0.2, 0) is 11.2 Å². The van der Waals surface area contributed by atoms with Crippen LogP contribution in [0.25, 0.3) is 11.0 Å². The number of hydrogen-bond donors (Lipinski definition) is 2. The van der Waals surface area contributed by atoms with Crippen LogP contribution in [0.5, 0.6) is 5.88 Å². The molecule has 0 amide bonds. The fraction of sp³-hybridized carbons (Fsp3) is 0.471. The van der Waals surface area contributed by atoms with Crippen molar-refractivity contribution >= 4 is 16.8 Å². The Bertz CT molecular complexity index is 711. The summed E-state index contributed by atoms with van der Waals surface area (Å²) < 4.78 is 5.64. The highest BCUT2D eigenvalue weighted by molar-refractivity contribution is 5.91. The predicted molar refractivity (Wildman–Crippen MR) is 88.4 cm³/mol. The molecular weight excluding hydrogens is 294 g/mol. The van der Waals surface area contributed by atoms with Crippen LogP contribution < -0.4 is 4.74 Å². The molecule has 6 heteroatoms. The standard InChI is InChI=1S/C17H23N3O3/c1-11(2)13(21)7-5-6-12-8-18-15-14(12)16(20-10-19-15)23-9-17(3,4)22/h5,7-8,10-11,22H,6,9H2,1-4H3,(H,18,19,20)/b7-5+. The van der Waals surface area contributed by atoms with Gasteiger partial charge in [-0.15, -0.1) is 0 Å². The highest BCUT2D eigenvalue weighted by Gasteiger charge is 2.17. The van der Waals surface area contributed by atoms with E-state index in [1.165, 1.54) is 6.33 Å². The van der Waals surface area contributed by atoms with Crippen LogP contribution in [0.2, 0.25) is 0 Å². The lowest BCUT2D eigenvalue weighted by molar-refractivity contribution is -0.117. The second-order valence-corrected chi connectivity index (χ2v) is 6.48. The molecule has 0 bridgehead atoms. The normalized spacial score (nSPS) is 12.4. The van der Waals surface area contributed by atoms with Gasteiger partial charge < -0.3 is 14.8 Å². The SMILES string of the molecule is CC(C)C(=O)/C=C/Cc1c[nH]c2ncnc(OCC(C)(C)O)c12. The van der Waals surface area contributed by atoms with Crippen molar-refractivity contribution in [2.45, 2.75) is 39.7 Å². The molecule has 6 nitrogen and oxygen atoms in total. The Morgan fingerprint density at radius 2 is 2.17 bits per heavy atom. The van der Waals surface area contributed by atoms with Crippen LogP contribution in [0.3, 0.4) is 0 Å². The van der Waals surface area contributed by atoms with Gasteiger partial charge >= 0.3 is 0 Å². The third kappa shape index (κ3) is 4.63. The number of carbonyl (C=O) groups excluding carboxylic acids is 1. The Hall–Kier alpha value is -2.21. The van der Waals surface area contributed by atoms with Crippen molar-refractivity contribution in [2.24, 2.45) is 5.92 Å². The lowest BCUT2D eigenvalue weighted by atomic mass is 10.1. The molecule has 2 rings (SSSR count). The van der Waals surface area contributed by atoms with Crippen molar-refractivity contribution in [3.05, 3.63) is 30.2 Å². The molecule has 0 aliphatic rings.